The van der Waals surface area contributed by atoms with E-state index < -0.39 is 23.7 Å². The first-order valence-electron chi connectivity index (χ1n) is 7.26. The summed E-state index contributed by atoms with van der Waals surface area (Å²) in [6, 6.07) is 12.2. The van der Waals surface area contributed by atoms with Gasteiger partial charge in [0.1, 0.15) is 0 Å². The number of carbonyl (C=O) groups is 2. The fourth-order valence-electron chi connectivity index (χ4n) is 2.73. The lowest BCUT2D eigenvalue weighted by Gasteiger charge is -2.29. The van der Waals surface area contributed by atoms with Crippen LogP contribution in [0.1, 0.15) is 11.1 Å². The third kappa shape index (κ3) is 2.90. The van der Waals surface area contributed by atoms with Gasteiger partial charge in [0.05, 0.1) is 6.54 Å². The highest BCUT2D eigenvalue weighted by molar-refractivity contribution is 9.10. The lowest BCUT2D eigenvalue weighted by atomic mass is 9.89. The van der Waals surface area contributed by atoms with Gasteiger partial charge < -0.3 is 5.32 Å². The minimum Gasteiger partial charge on any atom is -0.312 e. The topological polar surface area (TPSA) is 49.4 Å². The molecule has 1 aliphatic heterocycles. The smallest absolute Gasteiger partial charge is 0.312 e. The first-order valence-corrected chi connectivity index (χ1v) is 8.06. The molecule has 2 aromatic carbocycles. The van der Waals surface area contributed by atoms with E-state index in [1.165, 1.54) is 30.3 Å². The van der Waals surface area contributed by atoms with Crippen molar-refractivity contribution in [1.82, 2.24) is 10.2 Å². The predicted molar refractivity (Wildman–Crippen MR) is 87.4 cm³/mol. The fraction of sp³-hybridized carbons (Fsp3) is 0.176. The van der Waals surface area contributed by atoms with Crippen LogP contribution in [0.2, 0.25) is 0 Å². The van der Waals surface area contributed by atoms with Crippen molar-refractivity contribution in [3.05, 3.63) is 70.2 Å². The number of amides is 3. The molecule has 3 rings (SSSR count). The van der Waals surface area contributed by atoms with Gasteiger partial charge in [0.15, 0.2) is 0 Å². The summed E-state index contributed by atoms with van der Waals surface area (Å²) in [6.07, 6.45) is -4.98. The van der Waals surface area contributed by atoms with Crippen molar-refractivity contribution < 1.29 is 22.8 Å². The minimum atomic E-state index is -4.98. The molecule has 0 aromatic heterocycles. The molecule has 25 heavy (non-hydrogen) atoms. The van der Waals surface area contributed by atoms with Crippen molar-refractivity contribution >= 4 is 27.9 Å². The number of alkyl halides is 3. The van der Waals surface area contributed by atoms with Crippen LogP contribution in [0.25, 0.3) is 0 Å². The van der Waals surface area contributed by atoms with Gasteiger partial charge in [-0.15, -0.1) is 0 Å². The summed E-state index contributed by atoms with van der Waals surface area (Å²) in [4.78, 5) is 25.4. The Hall–Kier alpha value is -2.35. The Morgan fingerprint density at radius 1 is 1.00 bits per heavy atom. The molecule has 0 radical (unpaired) electrons. The number of hydrogen-bond acceptors (Lipinski definition) is 2. The van der Waals surface area contributed by atoms with Crippen LogP contribution < -0.4 is 5.32 Å². The third-order valence-electron chi connectivity index (χ3n) is 3.99. The van der Waals surface area contributed by atoms with E-state index in [0.29, 0.717) is 10.5 Å². The zero-order valence-electron chi connectivity index (χ0n) is 12.7. The molecule has 0 unspecified atom stereocenters. The number of carbonyl (C=O) groups excluding carboxylic acids is 2. The van der Waals surface area contributed by atoms with Gasteiger partial charge in [-0.05, 0) is 23.3 Å². The average molecular weight is 413 g/mol. The molecule has 3 amide bonds. The molecule has 0 bridgehead atoms. The van der Waals surface area contributed by atoms with Gasteiger partial charge in [0, 0.05) is 4.47 Å². The van der Waals surface area contributed by atoms with Crippen LogP contribution in [0.4, 0.5) is 18.0 Å². The van der Waals surface area contributed by atoms with Gasteiger partial charge in [0.25, 0.3) is 5.91 Å². The molecule has 4 nitrogen and oxygen atoms in total. The van der Waals surface area contributed by atoms with Gasteiger partial charge in [-0.1, -0.05) is 58.4 Å². The lowest BCUT2D eigenvalue weighted by molar-refractivity contribution is -0.198. The van der Waals surface area contributed by atoms with Crippen LogP contribution in [-0.2, 0) is 16.9 Å². The van der Waals surface area contributed by atoms with Crippen molar-refractivity contribution in [2.45, 2.75) is 18.3 Å². The van der Waals surface area contributed by atoms with E-state index in [1.807, 2.05) is 5.32 Å². The second-order valence-electron chi connectivity index (χ2n) is 5.56. The van der Waals surface area contributed by atoms with Gasteiger partial charge in [-0.2, -0.15) is 13.2 Å². The number of nitrogens with one attached hydrogen (secondary N) is 1. The molecule has 0 saturated carbocycles. The molecule has 0 spiro atoms. The van der Waals surface area contributed by atoms with Crippen LogP contribution in [0.15, 0.2) is 59.1 Å². The van der Waals surface area contributed by atoms with Crippen LogP contribution in [0.5, 0.6) is 0 Å². The number of halogens is 4. The molecule has 0 aliphatic carbocycles. The second kappa shape index (κ2) is 6.18. The lowest BCUT2D eigenvalue weighted by Crippen LogP contribution is -2.55. The Labute approximate surface area is 149 Å². The quantitative estimate of drug-likeness (QED) is 0.775. The zero-order valence-corrected chi connectivity index (χ0v) is 14.3. The van der Waals surface area contributed by atoms with E-state index >= 15 is 0 Å². The van der Waals surface area contributed by atoms with Crippen LogP contribution in [0, 0.1) is 0 Å². The van der Waals surface area contributed by atoms with Crippen molar-refractivity contribution in [3.8, 4) is 0 Å². The minimum absolute atomic E-state index is 0.247. The van der Waals surface area contributed by atoms with Gasteiger partial charge in [-0.3, -0.25) is 9.69 Å². The molecule has 1 aliphatic rings. The molecule has 1 atom stereocenters. The largest absolute Gasteiger partial charge is 0.425 e. The highest BCUT2D eigenvalue weighted by Gasteiger charge is 2.68. The second-order valence-corrected chi connectivity index (χ2v) is 6.48. The number of imide groups is 1. The molecule has 8 heteroatoms. The maximum atomic E-state index is 13.8. The van der Waals surface area contributed by atoms with Crippen LogP contribution in [0.3, 0.4) is 0 Å². The number of benzene rings is 2. The van der Waals surface area contributed by atoms with Crippen LogP contribution >= 0.6 is 15.9 Å². The Morgan fingerprint density at radius 2 is 1.60 bits per heavy atom. The maximum Gasteiger partial charge on any atom is 0.425 e. The van der Waals surface area contributed by atoms with Crippen molar-refractivity contribution in [3.63, 3.8) is 0 Å². The predicted octanol–water partition coefficient (Wildman–Crippen LogP) is 3.96. The zero-order chi connectivity index (χ0) is 18.2. The van der Waals surface area contributed by atoms with E-state index in [0.717, 1.165) is 4.47 Å². The molecule has 1 fully saturated rings. The standard InChI is InChI=1S/C17H12BrF3N2O2/c18-13-8-6-11(7-9-13)10-23-14(24)16(17(19,20)21,22-15(23)25)12-4-2-1-3-5-12/h1-9H,10H2,(H,22,25)/t16-/m0/s1. The van der Waals surface area contributed by atoms with E-state index in [9.17, 15) is 22.8 Å². The summed E-state index contributed by atoms with van der Waals surface area (Å²) in [6.45, 7) is -0.247. The van der Waals surface area contributed by atoms with E-state index in [4.69, 9.17) is 0 Å². The maximum absolute atomic E-state index is 13.8. The highest BCUT2D eigenvalue weighted by atomic mass is 79.9. The number of nitrogens with zero attached hydrogens (tertiary/aromatic N) is 1. The first kappa shape index (κ1) is 17.5. The fourth-order valence-corrected chi connectivity index (χ4v) is 3.00. The summed E-state index contributed by atoms with van der Waals surface area (Å²) >= 11 is 3.25. The van der Waals surface area contributed by atoms with Crippen molar-refractivity contribution in [1.29, 1.82) is 0 Å². The van der Waals surface area contributed by atoms with Crippen molar-refractivity contribution in [2.24, 2.45) is 0 Å². The summed E-state index contributed by atoms with van der Waals surface area (Å²) in [5.41, 5.74) is -2.85. The monoisotopic (exact) mass is 412 g/mol. The Bertz CT molecular complexity index is 809. The van der Waals surface area contributed by atoms with Crippen LogP contribution in [-0.4, -0.2) is 23.0 Å². The molecular weight excluding hydrogens is 401 g/mol. The summed E-state index contributed by atoms with van der Waals surface area (Å²) in [5, 5.41) is 1.86. The average Bonchev–Trinajstić information content (AvgIpc) is 2.83. The molecule has 1 saturated heterocycles. The first-order chi connectivity index (χ1) is 11.8. The van der Waals surface area contributed by atoms with Crippen molar-refractivity contribution in [2.75, 3.05) is 0 Å². The number of urea groups is 1. The number of hydrogen-bond donors (Lipinski definition) is 1. The highest BCUT2D eigenvalue weighted by Crippen LogP contribution is 2.43. The number of rotatable bonds is 3. The van der Waals surface area contributed by atoms with E-state index in [-0.39, 0.29) is 12.1 Å². The summed E-state index contributed by atoms with van der Waals surface area (Å²) in [7, 11) is 0. The molecule has 2 aromatic rings. The molecule has 1 N–H and O–H groups in total. The van der Waals surface area contributed by atoms with E-state index in [2.05, 4.69) is 15.9 Å². The van der Waals surface area contributed by atoms with Gasteiger partial charge in [0.2, 0.25) is 5.54 Å². The summed E-state index contributed by atoms with van der Waals surface area (Å²) < 4.78 is 42.2. The molecular formula is C17H12BrF3N2O2. The van der Waals surface area contributed by atoms with Gasteiger partial charge >= 0.3 is 12.2 Å². The Balaban J connectivity index is 2.01. The SMILES string of the molecule is O=C1N[C@](c2ccccc2)(C(F)(F)F)C(=O)N1Cc1ccc(Br)cc1. The Kier molecular flexibility index (Phi) is 4.32. The third-order valence-corrected chi connectivity index (χ3v) is 4.52. The molecule has 130 valence electrons. The normalized spacial score (nSPS) is 20.7. The Morgan fingerprint density at radius 3 is 2.16 bits per heavy atom. The summed E-state index contributed by atoms with van der Waals surface area (Å²) in [5.74, 6) is -1.33. The molecule has 1 heterocycles. The van der Waals surface area contributed by atoms with E-state index in [1.54, 1.807) is 24.3 Å². The van der Waals surface area contributed by atoms with Gasteiger partial charge in [-0.25, -0.2) is 4.79 Å².